The molecule has 8 heteroatoms. The molecular weight excluding hydrogens is 426 g/mol. The predicted octanol–water partition coefficient (Wildman–Crippen LogP) is 5.37. The van der Waals surface area contributed by atoms with Crippen molar-refractivity contribution in [2.45, 2.75) is 31.7 Å². The minimum absolute atomic E-state index is 0.0352. The van der Waals surface area contributed by atoms with Crippen LogP contribution >= 0.6 is 23.5 Å². The minimum atomic E-state index is -0.0352. The molecule has 31 heavy (non-hydrogen) atoms. The fraction of sp³-hybridized carbons (Fsp3) is 0.261. The van der Waals surface area contributed by atoms with E-state index < -0.39 is 0 Å². The maximum absolute atomic E-state index is 13.2. The molecule has 0 aromatic heterocycles. The van der Waals surface area contributed by atoms with Crippen molar-refractivity contribution < 1.29 is 4.79 Å². The first-order chi connectivity index (χ1) is 14.9. The lowest BCUT2D eigenvalue weighted by molar-refractivity contribution is -0.122. The highest BCUT2D eigenvalue weighted by Crippen LogP contribution is 2.49. The van der Waals surface area contributed by atoms with E-state index in [2.05, 4.69) is 28.4 Å². The summed E-state index contributed by atoms with van der Waals surface area (Å²) in [6, 6.07) is 16.1. The van der Waals surface area contributed by atoms with E-state index in [1.165, 1.54) is 11.8 Å². The van der Waals surface area contributed by atoms with Crippen LogP contribution in [0, 0.1) is 11.3 Å². The zero-order valence-corrected chi connectivity index (χ0v) is 19.5. The van der Waals surface area contributed by atoms with E-state index in [9.17, 15) is 10.1 Å². The van der Waals surface area contributed by atoms with Crippen LogP contribution in [-0.4, -0.2) is 35.6 Å². The monoisotopic (exact) mass is 449 g/mol. The number of carbonyl (C=O) groups is 1. The van der Waals surface area contributed by atoms with E-state index in [0.717, 1.165) is 21.3 Å². The third-order valence-corrected chi connectivity index (χ3v) is 7.34. The number of hydrogen-bond donors (Lipinski definition) is 1. The third kappa shape index (κ3) is 4.03. The molecule has 0 radical (unpaired) electrons. The maximum atomic E-state index is 13.2. The average molecular weight is 450 g/mol. The van der Waals surface area contributed by atoms with Crippen molar-refractivity contribution >= 4 is 51.7 Å². The Labute approximate surface area is 191 Å². The second kappa shape index (κ2) is 8.69. The first kappa shape index (κ1) is 21.3. The lowest BCUT2D eigenvalue weighted by Crippen LogP contribution is -2.29. The summed E-state index contributed by atoms with van der Waals surface area (Å²) in [5.41, 5.74) is 3.08. The Bertz CT molecular complexity index is 1150. The van der Waals surface area contributed by atoms with Crippen molar-refractivity contribution in [2.75, 3.05) is 23.8 Å². The van der Waals surface area contributed by atoms with Gasteiger partial charge in [0.15, 0.2) is 5.17 Å². The van der Waals surface area contributed by atoms with Gasteiger partial charge in [-0.25, -0.2) is 4.99 Å². The van der Waals surface area contributed by atoms with Crippen LogP contribution < -0.4 is 10.2 Å². The van der Waals surface area contributed by atoms with Gasteiger partial charge in [0, 0.05) is 24.5 Å². The van der Waals surface area contributed by atoms with Gasteiger partial charge < -0.3 is 10.2 Å². The van der Waals surface area contributed by atoms with Crippen LogP contribution in [-0.2, 0) is 4.79 Å². The molecule has 4 rings (SSSR count). The summed E-state index contributed by atoms with van der Waals surface area (Å²) < 4.78 is 0. The molecule has 2 aromatic rings. The van der Waals surface area contributed by atoms with Crippen LogP contribution in [0.15, 0.2) is 62.3 Å². The fourth-order valence-corrected chi connectivity index (χ4v) is 5.85. The van der Waals surface area contributed by atoms with Crippen molar-refractivity contribution in [2.24, 2.45) is 4.99 Å². The highest BCUT2D eigenvalue weighted by atomic mass is 32.2. The largest absolute Gasteiger partial charge is 0.382 e. The number of rotatable bonds is 4. The summed E-state index contributed by atoms with van der Waals surface area (Å²) in [5, 5.41) is 14.4. The van der Waals surface area contributed by atoms with Gasteiger partial charge in [-0.05, 0) is 62.9 Å². The molecule has 1 N–H and O–H groups in total. The third-order valence-electron chi connectivity index (χ3n) is 4.90. The van der Waals surface area contributed by atoms with Gasteiger partial charge in [0.05, 0.1) is 27.7 Å². The SMILES string of the molecule is CCN1C(=O)/C(=C2\Sc3ccccc3N2C)SC1=Nc1ccc(NC(C)C)c(C#N)c1. The minimum Gasteiger partial charge on any atom is -0.382 e. The summed E-state index contributed by atoms with van der Waals surface area (Å²) in [5.74, 6) is -0.0352. The average Bonchev–Trinajstić information content (AvgIpc) is 3.25. The van der Waals surface area contributed by atoms with Crippen LogP contribution in [0.5, 0.6) is 0 Å². The van der Waals surface area contributed by atoms with E-state index in [1.807, 2.05) is 52.1 Å². The van der Waals surface area contributed by atoms with Crippen LogP contribution in [0.25, 0.3) is 0 Å². The number of nitriles is 1. The summed E-state index contributed by atoms with van der Waals surface area (Å²) in [7, 11) is 1.99. The molecule has 2 aromatic carbocycles. The molecule has 1 amide bonds. The second-order valence-corrected chi connectivity index (χ2v) is 9.46. The van der Waals surface area contributed by atoms with Gasteiger partial charge in [-0.2, -0.15) is 5.26 Å². The molecule has 0 bridgehead atoms. The number of thioether (sulfide) groups is 2. The molecule has 0 aliphatic carbocycles. The number of anilines is 2. The van der Waals surface area contributed by atoms with Gasteiger partial charge in [0.2, 0.25) is 0 Å². The topological polar surface area (TPSA) is 71.7 Å². The molecule has 2 heterocycles. The Morgan fingerprint density at radius 2 is 1.97 bits per heavy atom. The molecule has 1 saturated heterocycles. The van der Waals surface area contributed by atoms with Crippen molar-refractivity contribution in [3.63, 3.8) is 0 Å². The smallest absolute Gasteiger partial charge is 0.269 e. The van der Waals surface area contributed by atoms with E-state index in [0.29, 0.717) is 27.9 Å². The van der Waals surface area contributed by atoms with Gasteiger partial charge in [0.1, 0.15) is 11.0 Å². The number of para-hydroxylation sites is 1. The normalized spacial score (nSPS) is 19.4. The maximum Gasteiger partial charge on any atom is 0.269 e. The lowest BCUT2D eigenvalue weighted by atomic mass is 10.1. The molecule has 0 atom stereocenters. The number of nitrogens with one attached hydrogen (secondary N) is 1. The Kier molecular flexibility index (Phi) is 5.99. The van der Waals surface area contributed by atoms with E-state index >= 15 is 0 Å². The summed E-state index contributed by atoms with van der Waals surface area (Å²) in [4.78, 5) is 23.5. The fourth-order valence-electron chi connectivity index (χ4n) is 3.44. The molecule has 158 valence electrons. The highest BCUT2D eigenvalue weighted by molar-refractivity contribution is 8.19. The van der Waals surface area contributed by atoms with E-state index in [-0.39, 0.29) is 11.9 Å². The van der Waals surface area contributed by atoms with Crippen LogP contribution in [0.2, 0.25) is 0 Å². The number of likely N-dealkylation sites (N-methyl/N-ethyl adjacent to an activating group) is 1. The predicted molar refractivity (Wildman–Crippen MR) is 130 cm³/mol. The molecule has 0 unspecified atom stereocenters. The molecule has 0 spiro atoms. The van der Waals surface area contributed by atoms with E-state index in [1.54, 1.807) is 22.7 Å². The first-order valence-corrected chi connectivity index (χ1v) is 11.7. The number of fused-ring (bicyclic) bond motifs is 1. The van der Waals surface area contributed by atoms with Gasteiger partial charge in [-0.3, -0.25) is 9.69 Å². The van der Waals surface area contributed by atoms with Gasteiger partial charge >= 0.3 is 0 Å². The quantitative estimate of drug-likeness (QED) is 0.633. The molecule has 2 aliphatic heterocycles. The lowest BCUT2D eigenvalue weighted by Gasteiger charge is -2.15. The highest BCUT2D eigenvalue weighted by Gasteiger charge is 2.38. The molecule has 6 nitrogen and oxygen atoms in total. The van der Waals surface area contributed by atoms with Gasteiger partial charge in [-0.15, -0.1) is 0 Å². The Balaban J connectivity index is 1.68. The second-order valence-electron chi connectivity index (χ2n) is 7.45. The summed E-state index contributed by atoms with van der Waals surface area (Å²) >= 11 is 3.00. The zero-order chi connectivity index (χ0) is 22.1. The number of nitrogens with zero attached hydrogens (tertiary/aromatic N) is 4. The van der Waals surface area contributed by atoms with Gasteiger partial charge in [0.25, 0.3) is 5.91 Å². The van der Waals surface area contributed by atoms with Crippen molar-refractivity contribution in [1.29, 1.82) is 5.26 Å². The first-order valence-electron chi connectivity index (χ1n) is 10.1. The molecule has 2 aliphatic rings. The van der Waals surface area contributed by atoms with Crippen molar-refractivity contribution in [3.8, 4) is 6.07 Å². The standard InChI is InChI=1S/C23H23N5OS2/c1-5-28-21(29)20(22-27(4)18-8-6-7-9-19(18)30-22)31-23(28)26-16-10-11-17(25-14(2)3)15(12-16)13-24/h6-12,14,25H,5H2,1-4H3/b22-20+,26-23?. The number of hydrogen-bond acceptors (Lipinski definition) is 7. The number of amidine groups is 1. The van der Waals surface area contributed by atoms with Crippen molar-refractivity contribution in [1.82, 2.24) is 4.90 Å². The molecule has 1 fully saturated rings. The summed E-state index contributed by atoms with van der Waals surface area (Å²) in [6.45, 7) is 6.53. The Hall–Kier alpha value is -2.89. The van der Waals surface area contributed by atoms with Crippen molar-refractivity contribution in [3.05, 3.63) is 58.0 Å². The Morgan fingerprint density at radius 1 is 1.19 bits per heavy atom. The molecular formula is C23H23N5OS2. The summed E-state index contributed by atoms with van der Waals surface area (Å²) in [6.07, 6.45) is 0. The number of aliphatic imine (C=N–C) groups is 1. The van der Waals surface area contributed by atoms with Crippen LogP contribution in [0.4, 0.5) is 17.1 Å². The van der Waals surface area contributed by atoms with Gasteiger partial charge in [-0.1, -0.05) is 23.9 Å². The number of benzene rings is 2. The Morgan fingerprint density at radius 3 is 2.65 bits per heavy atom. The van der Waals surface area contributed by atoms with Crippen LogP contribution in [0.1, 0.15) is 26.3 Å². The van der Waals surface area contributed by atoms with E-state index in [4.69, 9.17) is 4.99 Å². The number of amides is 1. The molecule has 0 saturated carbocycles. The number of carbonyl (C=O) groups excluding carboxylic acids is 1. The zero-order valence-electron chi connectivity index (χ0n) is 17.8. The van der Waals surface area contributed by atoms with Crippen LogP contribution in [0.3, 0.4) is 0 Å².